The highest BCUT2D eigenvalue weighted by Gasteiger charge is 2.22. The van der Waals surface area contributed by atoms with Gasteiger partial charge in [0.25, 0.3) is 5.91 Å². The number of amides is 2. The van der Waals surface area contributed by atoms with Gasteiger partial charge in [0.15, 0.2) is 5.76 Å². The van der Waals surface area contributed by atoms with Crippen LogP contribution in [0.1, 0.15) is 25.3 Å². The molecule has 0 aliphatic carbocycles. The number of anilines is 1. The molecular weight excluding hydrogens is 442 g/mol. The zero-order valence-electron chi connectivity index (χ0n) is 19.4. The normalized spacial score (nSPS) is 11.5. The third kappa shape index (κ3) is 6.80. The molecule has 1 atom stereocenters. The second kappa shape index (κ2) is 11.7. The lowest BCUT2D eigenvalue weighted by atomic mass is 10.1. The van der Waals surface area contributed by atoms with Gasteiger partial charge in [0.05, 0.1) is 12.6 Å². The first kappa shape index (κ1) is 23.8. The van der Waals surface area contributed by atoms with Crippen molar-refractivity contribution in [3.8, 4) is 22.8 Å². The van der Waals surface area contributed by atoms with E-state index in [9.17, 15) is 9.59 Å². The summed E-state index contributed by atoms with van der Waals surface area (Å²) in [5, 5.41) is 5.50. The Bertz CT molecular complexity index is 1260. The summed E-state index contributed by atoms with van der Waals surface area (Å²) in [5.74, 6) is 1.28. The molecule has 0 aliphatic rings. The fourth-order valence-corrected chi connectivity index (χ4v) is 3.59. The molecule has 35 heavy (non-hydrogen) atoms. The molecule has 2 amide bonds. The summed E-state index contributed by atoms with van der Waals surface area (Å²) in [5.41, 5.74) is 1.64. The lowest BCUT2D eigenvalue weighted by Gasteiger charge is -2.17. The van der Waals surface area contributed by atoms with Crippen LogP contribution in [-0.4, -0.2) is 22.8 Å². The number of carbonyl (C=O) groups is 2. The summed E-state index contributed by atoms with van der Waals surface area (Å²) in [6.45, 7) is 1.95. The number of rotatable bonds is 10. The SMILES string of the molecule is CCCC(NC(=O)Cc1cccc(Oc2ccccc2)c1)C(=O)Nc1ncc(-c2ccccc2)o1. The number of benzene rings is 3. The number of oxazole rings is 1. The van der Waals surface area contributed by atoms with E-state index in [1.54, 1.807) is 6.20 Å². The highest BCUT2D eigenvalue weighted by Crippen LogP contribution is 2.23. The second-order valence-corrected chi connectivity index (χ2v) is 8.03. The summed E-state index contributed by atoms with van der Waals surface area (Å²) in [6, 6.07) is 25.7. The number of aromatic nitrogens is 1. The van der Waals surface area contributed by atoms with Gasteiger partial charge in [0.1, 0.15) is 17.5 Å². The van der Waals surface area contributed by atoms with Crippen LogP contribution in [0.4, 0.5) is 6.01 Å². The van der Waals surface area contributed by atoms with Gasteiger partial charge < -0.3 is 14.5 Å². The number of hydrogen-bond donors (Lipinski definition) is 2. The van der Waals surface area contributed by atoms with E-state index in [4.69, 9.17) is 9.15 Å². The molecule has 0 saturated carbocycles. The number of nitrogens with one attached hydrogen (secondary N) is 2. The number of para-hydroxylation sites is 1. The highest BCUT2D eigenvalue weighted by atomic mass is 16.5. The Morgan fingerprint density at radius 1 is 0.943 bits per heavy atom. The van der Waals surface area contributed by atoms with Gasteiger partial charge in [-0.15, -0.1) is 0 Å². The summed E-state index contributed by atoms with van der Waals surface area (Å²) in [4.78, 5) is 29.7. The van der Waals surface area contributed by atoms with Gasteiger partial charge in [-0.25, -0.2) is 4.98 Å². The van der Waals surface area contributed by atoms with Crippen LogP contribution >= 0.6 is 0 Å². The van der Waals surface area contributed by atoms with Crippen molar-refractivity contribution >= 4 is 17.8 Å². The third-order valence-electron chi connectivity index (χ3n) is 5.27. The summed E-state index contributed by atoms with van der Waals surface area (Å²) >= 11 is 0. The molecule has 4 rings (SSSR count). The third-order valence-corrected chi connectivity index (χ3v) is 5.27. The van der Waals surface area contributed by atoms with E-state index in [1.807, 2.05) is 91.9 Å². The first-order chi connectivity index (χ1) is 17.1. The van der Waals surface area contributed by atoms with E-state index in [1.165, 1.54) is 0 Å². The van der Waals surface area contributed by atoms with Crippen molar-refractivity contribution in [3.63, 3.8) is 0 Å². The van der Waals surface area contributed by atoms with Gasteiger partial charge in [-0.3, -0.25) is 14.9 Å². The molecule has 1 unspecified atom stereocenters. The Balaban J connectivity index is 1.35. The maximum atomic E-state index is 12.8. The summed E-state index contributed by atoms with van der Waals surface area (Å²) in [6.07, 6.45) is 2.89. The van der Waals surface area contributed by atoms with Gasteiger partial charge in [-0.1, -0.05) is 74.0 Å². The predicted molar refractivity (Wildman–Crippen MR) is 134 cm³/mol. The maximum Gasteiger partial charge on any atom is 0.301 e. The Morgan fingerprint density at radius 3 is 2.40 bits per heavy atom. The number of nitrogens with zero attached hydrogens (tertiary/aromatic N) is 1. The number of carbonyl (C=O) groups excluding carboxylic acids is 2. The fraction of sp³-hybridized carbons (Fsp3) is 0.179. The van der Waals surface area contributed by atoms with Gasteiger partial charge in [-0.05, 0) is 36.2 Å². The molecule has 0 aliphatic heterocycles. The molecule has 0 saturated heterocycles. The lowest BCUT2D eigenvalue weighted by molar-refractivity contribution is -0.126. The summed E-state index contributed by atoms with van der Waals surface area (Å²) < 4.78 is 11.5. The molecule has 1 heterocycles. The Morgan fingerprint density at radius 2 is 1.66 bits per heavy atom. The van der Waals surface area contributed by atoms with Crippen molar-refractivity contribution in [2.45, 2.75) is 32.2 Å². The average Bonchev–Trinajstić information content (AvgIpc) is 3.33. The molecule has 1 aromatic heterocycles. The van der Waals surface area contributed by atoms with Crippen molar-refractivity contribution < 1.29 is 18.7 Å². The van der Waals surface area contributed by atoms with Gasteiger partial charge in [0, 0.05) is 5.56 Å². The molecule has 0 radical (unpaired) electrons. The summed E-state index contributed by atoms with van der Waals surface area (Å²) in [7, 11) is 0. The van der Waals surface area contributed by atoms with Crippen LogP contribution < -0.4 is 15.4 Å². The van der Waals surface area contributed by atoms with Crippen LogP contribution in [0.3, 0.4) is 0 Å². The van der Waals surface area contributed by atoms with Crippen LogP contribution in [0.25, 0.3) is 11.3 Å². The monoisotopic (exact) mass is 469 g/mol. The lowest BCUT2D eigenvalue weighted by Crippen LogP contribution is -2.44. The van der Waals surface area contributed by atoms with Crippen LogP contribution in [0.2, 0.25) is 0 Å². The first-order valence-corrected chi connectivity index (χ1v) is 11.5. The smallest absolute Gasteiger partial charge is 0.301 e. The molecule has 178 valence electrons. The van der Waals surface area contributed by atoms with E-state index in [2.05, 4.69) is 15.6 Å². The number of ether oxygens (including phenoxy) is 1. The molecule has 3 aromatic carbocycles. The van der Waals surface area contributed by atoms with Crippen molar-refractivity contribution in [1.82, 2.24) is 10.3 Å². The molecule has 0 fully saturated rings. The minimum absolute atomic E-state index is 0.0926. The topological polar surface area (TPSA) is 93.5 Å². The highest BCUT2D eigenvalue weighted by molar-refractivity contribution is 5.96. The van der Waals surface area contributed by atoms with E-state index in [0.717, 1.165) is 23.3 Å². The number of hydrogen-bond acceptors (Lipinski definition) is 5. The van der Waals surface area contributed by atoms with E-state index in [0.29, 0.717) is 17.9 Å². The van der Waals surface area contributed by atoms with Crippen LogP contribution in [-0.2, 0) is 16.0 Å². The van der Waals surface area contributed by atoms with Crippen LogP contribution in [0.15, 0.2) is 95.5 Å². The Kier molecular flexibility index (Phi) is 7.91. The minimum atomic E-state index is -0.705. The molecule has 0 bridgehead atoms. The average molecular weight is 470 g/mol. The predicted octanol–water partition coefficient (Wildman–Crippen LogP) is 5.60. The van der Waals surface area contributed by atoms with E-state index in [-0.39, 0.29) is 24.2 Å². The standard InChI is InChI=1S/C28H27N3O4/c1-2-10-24(27(33)31-28-29-19-25(35-28)21-12-5-3-6-13-21)30-26(32)18-20-11-9-16-23(17-20)34-22-14-7-4-8-15-22/h3-9,11-17,19,24H,2,10,18H2,1H3,(H,30,32)(H,29,31,33). The first-order valence-electron chi connectivity index (χ1n) is 11.5. The molecular formula is C28H27N3O4. The van der Waals surface area contributed by atoms with E-state index < -0.39 is 6.04 Å². The quantitative estimate of drug-likeness (QED) is 0.315. The van der Waals surface area contributed by atoms with Gasteiger partial charge in [-0.2, -0.15) is 0 Å². The van der Waals surface area contributed by atoms with Crippen molar-refractivity contribution in [1.29, 1.82) is 0 Å². The molecule has 2 N–H and O–H groups in total. The van der Waals surface area contributed by atoms with Crippen LogP contribution in [0.5, 0.6) is 11.5 Å². The van der Waals surface area contributed by atoms with Gasteiger partial charge in [0.2, 0.25) is 5.91 Å². The Hall–Kier alpha value is -4.39. The van der Waals surface area contributed by atoms with E-state index >= 15 is 0 Å². The zero-order chi connectivity index (χ0) is 24.5. The fourth-order valence-electron chi connectivity index (χ4n) is 3.59. The van der Waals surface area contributed by atoms with Gasteiger partial charge >= 0.3 is 6.01 Å². The maximum absolute atomic E-state index is 12.8. The van der Waals surface area contributed by atoms with Crippen molar-refractivity contribution in [2.24, 2.45) is 0 Å². The molecule has 7 heteroatoms. The van der Waals surface area contributed by atoms with Crippen molar-refractivity contribution in [2.75, 3.05) is 5.32 Å². The zero-order valence-corrected chi connectivity index (χ0v) is 19.4. The second-order valence-electron chi connectivity index (χ2n) is 8.03. The van der Waals surface area contributed by atoms with Crippen molar-refractivity contribution in [3.05, 3.63) is 96.7 Å². The molecule has 7 nitrogen and oxygen atoms in total. The largest absolute Gasteiger partial charge is 0.457 e. The Labute approximate surface area is 204 Å². The van der Waals surface area contributed by atoms with Crippen LogP contribution in [0, 0.1) is 0 Å². The minimum Gasteiger partial charge on any atom is -0.457 e. The molecule has 0 spiro atoms. The molecule has 4 aromatic rings.